The highest BCUT2D eigenvalue weighted by Crippen LogP contribution is 2.25. The average molecular weight is 362 g/mol. The molecule has 0 radical (unpaired) electrons. The summed E-state index contributed by atoms with van der Waals surface area (Å²) in [5.41, 5.74) is 3.58. The molecule has 0 unspecified atom stereocenters. The van der Waals surface area contributed by atoms with E-state index in [0.717, 1.165) is 40.9 Å². The van der Waals surface area contributed by atoms with E-state index in [1.165, 1.54) is 0 Å². The lowest BCUT2D eigenvalue weighted by Gasteiger charge is -2.27. The molecule has 0 aliphatic carbocycles. The number of rotatable bonds is 4. The fourth-order valence-electron chi connectivity index (χ4n) is 3.29. The predicted octanol–water partition coefficient (Wildman–Crippen LogP) is 2.95. The second-order valence-corrected chi connectivity index (χ2v) is 6.31. The number of anilines is 1. The molecule has 5 rings (SSSR count). The Balaban J connectivity index is 1.43. The number of para-hydroxylation sites is 1. The molecule has 1 aliphatic heterocycles. The standard InChI is InChI=1S/C18H18N8O/c1-2-4-14-13(3-1)12(9-19-14)10-22-25-18-23-16-15(20-11-21-16)17(24-18)26-5-7-27-8-6-26/h1-4,9,11,19H,5-8,10H2,(H,20,21,23,24). The molecule has 1 aromatic carbocycles. The first kappa shape index (κ1) is 15.9. The van der Waals surface area contributed by atoms with Gasteiger partial charge in [-0.3, -0.25) is 0 Å². The van der Waals surface area contributed by atoms with Crippen molar-refractivity contribution in [2.24, 2.45) is 10.2 Å². The van der Waals surface area contributed by atoms with Crippen LogP contribution >= 0.6 is 0 Å². The highest BCUT2D eigenvalue weighted by molar-refractivity contribution is 5.84. The predicted molar refractivity (Wildman–Crippen MR) is 101 cm³/mol. The van der Waals surface area contributed by atoms with E-state index in [4.69, 9.17) is 4.74 Å². The summed E-state index contributed by atoms with van der Waals surface area (Å²) in [6, 6.07) is 8.13. The molecule has 9 heteroatoms. The Kier molecular flexibility index (Phi) is 3.98. The van der Waals surface area contributed by atoms with Crippen molar-refractivity contribution < 1.29 is 4.74 Å². The number of hydrogen-bond donors (Lipinski definition) is 2. The monoisotopic (exact) mass is 362 g/mol. The number of H-pyrrole nitrogens is 2. The second kappa shape index (κ2) is 6.76. The molecule has 1 saturated heterocycles. The van der Waals surface area contributed by atoms with E-state index < -0.39 is 0 Å². The Hall–Kier alpha value is -3.33. The summed E-state index contributed by atoms with van der Waals surface area (Å²) in [5.74, 6) is 1.11. The fourth-order valence-corrected chi connectivity index (χ4v) is 3.29. The van der Waals surface area contributed by atoms with Crippen LogP contribution < -0.4 is 4.90 Å². The van der Waals surface area contributed by atoms with Crippen molar-refractivity contribution in [2.75, 3.05) is 31.2 Å². The molecule has 0 amide bonds. The minimum Gasteiger partial charge on any atom is -0.378 e. The molecule has 1 fully saturated rings. The summed E-state index contributed by atoms with van der Waals surface area (Å²) >= 11 is 0. The summed E-state index contributed by atoms with van der Waals surface area (Å²) < 4.78 is 5.43. The van der Waals surface area contributed by atoms with Crippen molar-refractivity contribution in [3.8, 4) is 0 Å². The van der Waals surface area contributed by atoms with E-state index in [0.29, 0.717) is 31.4 Å². The highest BCUT2D eigenvalue weighted by Gasteiger charge is 2.18. The van der Waals surface area contributed by atoms with Crippen LogP contribution in [0.25, 0.3) is 22.1 Å². The highest BCUT2D eigenvalue weighted by atomic mass is 16.5. The molecule has 0 bridgehead atoms. The van der Waals surface area contributed by atoms with Gasteiger partial charge in [0.15, 0.2) is 11.5 Å². The van der Waals surface area contributed by atoms with Crippen molar-refractivity contribution in [3.63, 3.8) is 0 Å². The number of nitrogens with zero attached hydrogens (tertiary/aromatic N) is 6. The Morgan fingerprint density at radius 3 is 2.93 bits per heavy atom. The third-order valence-corrected chi connectivity index (χ3v) is 4.64. The van der Waals surface area contributed by atoms with Gasteiger partial charge in [-0.2, -0.15) is 15.1 Å². The number of hydrogen-bond acceptors (Lipinski definition) is 7. The van der Waals surface area contributed by atoms with Gasteiger partial charge in [0.2, 0.25) is 0 Å². The molecule has 27 heavy (non-hydrogen) atoms. The van der Waals surface area contributed by atoms with E-state index >= 15 is 0 Å². The number of morpholine rings is 1. The topological polar surface area (TPSA) is 107 Å². The fraction of sp³-hybridized carbons (Fsp3) is 0.278. The van der Waals surface area contributed by atoms with Gasteiger partial charge in [-0.05, 0) is 6.07 Å². The van der Waals surface area contributed by atoms with Crippen LogP contribution in [-0.2, 0) is 11.3 Å². The van der Waals surface area contributed by atoms with E-state index in [1.807, 2.05) is 24.4 Å². The lowest BCUT2D eigenvalue weighted by Crippen LogP contribution is -2.37. The first-order chi connectivity index (χ1) is 13.4. The number of imidazole rings is 1. The maximum atomic E-state index is 5.43. The van der Waals surface area contributed by atoms with Gasteiger partial charge in [-0.25, -0.2) is 4.98 Å². The van der Waals surface area contributed by atoms with Gasteiger partial charge in [-0.15, -0.1) is 5.11 Å². The van der Waals surface area contributed by atoms with E-state index in [-0.39, 0.29) is 0 Å². The van der Waals surface area contributed by atoms with Crippen molar-refractivity contribution in [2.45, 2.75) is 6.54 Å². The SMILES string of the molecule is c1ccc2c(CN=Nc3nc(N4CCOCC4)c4[nH]cnc4n3)c[nH]c2c1. The molecule has 4 aromatic rings. The third kappa shape index (κ3) is 3.02. The smallest absolute Gasteiger partial charge is 0.272 e. The maximum absolute atomic E-state index is 5.43. The number of aromatic amines is 2. The van der Waals surface area contributed by atoms with Crippen LogP contribution in [0.5, 0.6) is 0 Å². The zero-order valence-electron chi connectivity index (χ0n) is 14.6. The number of nitrogens with one attached hydrogen (secondary N) is 2. The van der Waals surface area contributed by atoms with Crippen molar-refractivity contribution in [1.29, 1.82) is 0 Å². The number of fused-ring (bicyclic) bond motifs is 2. The van der Waals surface area contributed by atoms with Gasteiger partial charge in [-0.1, -0.05) is 18.2 Å². The summed E-state index contributed by atoms with van der Waals surface area (Å²) in [5, 5.41) is 9.71. The number of ether oxygens (including phenoxy) is 1. The average Bonchev–Trinajstić information content (AvgIpc) is 3.35. The molecule has 0 atom stereocenters. The molecule has 2 N–H and O–H groups in total. The van der Waals surface area contributed by atoms with Gasteiger partial charge in [0.25, 0.3) is 5.95 Å². The van der Waals surface area contributed by atoms with Crippen molar-refractivity contribution >= 4 is 33.8 Å². The maximum Gasteiger partial charge on any atom is 0.272 e. The molecule has 3 aromatic heterocycles. The molecule has 136 valence electrons. The molecule has 4 heterocycles. The summed E-state index contributed by atoms with van der Waals surface area (Å²) in [7, 11) is 0. The van der Waals surface area contributed by atoms with Gasteiger partial charge in [0, 0.05) is 35.8 Å². The van der Waals surface area contributed by atoms with Crippen LogP contribution in [0.15, 0.2) is 47.0 Å². The van der Waals surface area contributed by atoms with Gasteiger partial charge >= 0.3 is 0 Å². The molecular weight excluding hydrogens is 344 g/mol. The minimum atomic E-state index is 0.316. The van der Waals surface area contributed by atoms with Crippen LogP contribution in [0, 0.1) is 0 Å². The van der Waals surface area contributed by atoms with E-state index in [9.17, 15) is 0 Å². The summed E-state index contributed by atoms with van der Waals surface area (Å²) in [4.78, 5) is 21.8. The van der Waals surface area contributed by atoms with Crippen molar-refractivity contribution in [1.82, 2.24) is 24.9 Å². The van der Waals surface area contributed by atoms with Crippen LogP contribution in [-0.4, -0.2) is 51.2 Å². The van der Waals surface area contributed by atoms with Gasteiger partial charge < -0.3 is 19.6 Å². The zero-order chi connectivity index (χ0) is 18.1. The lowest BCUT2D eigenvalue weighted by molar-refractivity contribution is 0.122. The Labute approximate surface area is 154 Å². The molecule has 9 nitrogen and oxygen atoms in total. The Morgan fingerprint density at radius 2 is 2.00 bits per heavy atom. The number of azo groups is 1. The molecule has 1 aliphatic rings. The Bertz CT molecular complexity index is 1110. The zero-order valence-corrected chi connectivity index (χ0v) is 14.6. The van der Waals surface area contributed by atoms with Crippen LogP contribution in [0.4, 0.5) is 11.8 Å². The number of benzene rings is 1. The van der Waals surface area contributed by atoms with Crippen molar-refractivity contribution in [3.05, 3.63) is 42.4 Å². The molecule has 0 saturated carbocycles. The van der Waals surface area contributed by atoms with Crippen LogP contribution in [0.2, 0.25) is 0 Å². The Morgan fingerprint density at radius 1 is 1.11 bits per heavy atom. The molecular formula is C18H18N8O. The largest absolute Gasteiger partial charge is 0.378 e. The van der Waals surface area contributed by atoms with Gasteiger partial charge in [0.05, 0.1) is 26.1 Å². The quantitative estimate of drug-likeness (QED) is 0.543. The number of aromatic nitrogens is 5. The minimum absolute atomic E-state index is 0.316. The van der Waals surface area contributed by atoms with Gasteiger partial charge in [0.1, 0.15) is 5.52 Å². The lowest BCUT2D eigenvalue weighted by atomic mass is 10.2. The second-order valence-electron chi connectivity index (χ2n) is 6.31. The first-order valence-corrected chi connectivity index (χ1v) is 8.85. The normalized spacial score (nSPS) is 15.3. The third-order valence-electron chi connectivity index (χ3n) is 4.64. The van der Waals surface area contributed by atoms with Crippen LogP contribution in [0.1, 0.15) is 5.56 Å². The van der Waals surface area contributed by atoms with Crippen LogP contribution in [0.3, 0.4) is 0 Å². The van der Waals surface area contributed by atoms with E-state index in [1.54, 1.807) is 6.33 Å². The first-order valence-electron chi connectivity index (χ1n) is 8.85. The van der Waals surface area contributed by atoms with E-state index in [2.05, 4.69) is 46.1 Å². The summed E-state index contributed by atoms with van der Waals surface area (Å²) in [6.45, 7) is 3.36. The molecule has 0 spiro atoms. The summed E-state index contributed by atoms with van der Waals surface area (Å²) in [6.07, 6.45) is 3.58.